The second-order valence-electron chi connectivity index (χ2n) is 4.48. The summed E-state index contributed by atoms with van der Waals surface area (Å²) in [4.78, 5) is 15.5. The van der Waals surface area contributed by atoms with Crippen LogP contribution in [0.15, 0.2) is 53.5 Å². The van der Waals surface area contributed by atoms with Gasteiger partial charge in [-0.1, -0.05) is 29.8 Å². The Morgan fingerprint density at radius 3 is 2.81 bits per heavy atom. The lowest BCUT2D eigenvalue weighted by Gasteiger charge is -2.22. The summed E-state index contributed by atoms with van der Waals surface area (Å²) >= 11 is 5.93. The van der Waals surface area contributed by atoms with E-state index in [2.05, 4.69) is 4.99 Å². The number of nitrogens with zero attached hydrogens (tertiary/aromatic N) is 1. The number of para-hydroxylation sites is 1. The molecule has 2 aromatic carbocycles. The molecule has 21 heavy (non-hydrogen) atoms. The summed E-state index contributed by atoms with van der Waals surface area (Å²) in [5.74, 6) is 1.08. The number of rotatable bonds is 4. The van der Waals surface area contributed by atoms with E-state index >= 15 is 0 Å². The number of ether oxygens (including phenoxy) is 2. The van der Waals surface area contributed by atoms with Gasteiger partial charge in [0.1, 0.15) is 5.75 Å². The van der Waals surface area contributed by atoms with Crippen LogP contribution in [-0.2, 0) is 9.53 Å². The fourth-order valence-corrected chi connectivity index (χ4v) is 2.24. The molecule has 1 heterocycles. The van der Waals surface area contributed by atoms with Crippen molar-refractivity contribution in [2.75, 3.05) is 6.61 Å². The SMILES string of the molecule is O=CC1OC(COc2ccccc2)=Nc2ccc(Cl)cc21. The van der Waals surface area contributed by atoms with E-state index in [0.717, 1.165) is 6.29 Å². The summed E-state index contributed by atoms with van der Waals surface area (Å²) in [7, 11) is 0. The molecule has 1 aliphatic rings. The van der Waals surface area contributed by atoms with E-state index in [1.165, 1.54) is 0 Å². The lowest BCUT2D eigenvalue weighted by molar-refractivity contribution is -0.114. The van der Waals surface area contributed by atoms with Crippen LogP contribution < -0.4 is 4.74 Å². The monoisotopic (exact) mass is 301 g/mol. The predicted molar refractivity (Wildman–Crippen MR) is 80.4 cm³/mol. The summed E-state index contributed by atoms with van der Waals surface area (Å²) in [6, 6.07) is 14.5. The van der Waals surface area contributed by atoms with E-state index in [9.17, 15) is 4.79 Å². The van der Waals surface area contributed by atoms with E-state index in [4.69, 9.17) is 21.1 Å². The van der Waals surface area contributed by atoms with Gasteiger partial charge in [-0.05, 0) is 30.3 Å². The second kappa shape index (κ2) is 5.97. The molecule has 0 bridgehead atoms. The van der Waals surface area contributed by atoms with Gasteiger partial charge in [0.25, 0.3) is 0 Å². The molecule has 0 aliphatic carbocycles. The third kappa shape index (κ3) is 3.06. The van der Waals surface area contributed by atoms with Crippen molar-refractivity contribution in [3.05, 3.63) is 59.1 Å². The molecule has 106 valence electrons. The van der Waals surface area contributed by atoms with Gasteiger partial charge in [-0.2, -0.15) is 0 Å². The molecule has 0 N–H and O–H groups in total. The summed E-state index contributed by atoms with van der Waals surface area (Å²) in [6.07, 6.45) is 0.0254. The van der Waals surface area contributed by atoms with Crippen molar-refractivity contribution in [1.29, 1.82) is 0 Å². The van der Waals surface area contributed by atoms with Gasteiger partial charge < -0.3 is 9.47 Å². The molecule has 1 atom stereocenters. The maximum atomic E-state index is 11.2. The van der Waals surface area contributed by atoms with Crippen LogP contribution in [-0.4, -0.2) is 18.8 Å². The van der Waals surface area contributed by atoms with Gasteiger partial charge in [-0.3, -0.25) is 4.79 Å². The van der Waals surface area contributed by atoms with Gasteiger partial charge in [-0.25, -0.2) is 4.99 Å². The molecule has 0 fully saturated rings. The Balaban J connectivity index is 1.81. The summed E-state index contributed by atoms with van der Waals surface area (Å²) in [5.41, 5.74) is 1.34. The van der Waals surface area contributed by atoms with Gasteiger partial charge in [0, 0.05) is 10.6 Å². The zero-order valence-electron chi connectivity index (χ0n) is 11.0. The first-order valence-electron chi connectivity index (χ1n) is 6.43. The van der Waals surface area contributed by atoms with Crippen molar-refractivity contribution in [1.82, 2.24) is 0 Å². The smallest absolute Gasteiger partial charge is 0.228 e. The lowest BCUT2D eigenvalue weighted by Crippen LogP contribution is -2.22. The molecular formula is C16H12ClNO3. The molecule has 0 spiro atoms. The first-order valence-corrected chi connectivity index (χ1v) is 6.81. The second-order valence-corrected chi connectivity index (χ2v) is 4.92. The Kier molecular flexibility index (Phi) is 3.88. The molecule has 0 aromatic heterocycles. The van der Waals surface area contributed by atoms with Crippen molar-refractivity contribution in [3.8, 4) is 5.75 Å². The Morgan fingerprint density at radius 2 is 2.05 bits per heavy atom. The minimum atomic E-state index is -0.703. The fourth-order valence-electron chi connectivity index (χ4n) is 2.05. The zero-order valence-corrected chi connectivity index (χ0v) is 11.8. The molecule has 1 unspecified atom stereocenters. The standard InChI is InChI=1S/C16H12ClNO3/c17-11-6-7-14-13(8-11)15(9-19)21-16(18-14)10-20-12-4-2-1-3-5-12/h1-9,15H,10H2. The van der Waals surface area contributed by atoms with Crippen molar-refractivity contribution >= 4 is 29.5 Å². The third-order valence-corrected chi connectivity index (χ3v) is 3.27. The highest BCUT2D eigenvalue weighted by atomic mass is 35.5. The number of hydrogen-bond donors (Lipinski definition) is 0. The molecule has 3 rings (SSSR count). The zero-order chi connectivity index (χ0) is 14.7. The van der Waals surface area contributed by atoms with Crippen molar-refractivity contribution in [2.24, 2.45) is 4.99 Å². The third-order valence-electron chi connectivity index (χ3n) is 3.03. The molecule has 4 nitrogen and oxygen atoms in total. The van der Waals surface area contributed by atoms with Crippen molar-refractivity contribution in [3.63, 3.8) is 0 Å². The van der Waals surface area contributed by atoms with Crippen LogP contribution in [0.25, 0.3) is 0 Å². The van der Waals surface area contributed by atoms with Gasteiger partial charge in [-0.15, -0.1) is 0 Å². The molecule has 1 aliphatic heterocycles. The predicted octanol–water partition coefficient (Wildman–Crippen LogP) is 3.72. The van der Waals surface area contributed by atoms with Crippen LogP contribution in [0, 0.1) is 0 Å². The highest BCUT2D eigenvalue weighted by Gasteiger charge is 2.24. The Labute approximate surface area is 127 Å². The first kappa shape index (κ1) is 13.6. The molecule has 0 radical (unpaired) electrons. The Bertz CT molecular complexity index is 685. The van der Waals surface area contributed by atoms with E-state index in [0.29, 0.717) is 27.9 Å². The molecule has 5 heteroatoms. The molecule has 2 aromatic rings. The maximum Gasteiger partial charge on any atom is 0.228 e. The number of carbonyl (C=O) groups is 1. The van der Waals surface area contributed by atoms with Crippen molar-refractivity contribution < 1.29 is 14.3 Å². The van der Waals surface area contributed by atoms with Crippen LogP contribution in [0.2, 0.25) is 5.02 Å². The summed E-state index contributed by atoms with van der Waals surface area (Å²) < 4.78 is 11.1. The first-order chi connectivity index (χ1) is 10.3. The lowest BCUT2D eigenvalue weighted by atomic mass is 10.1. The number of hydrogen-bond acceptors (Lipinski definition) is 4. The minimum absolute atomic E-state index is 0.163. The van der Waals surface area contributed by atoms with Gasteiger partial charge in [0.2, 0.25) is 5.90 Å². The van der Waals surface area contributed by atoms with Gasteiger partial charge in [0.15, 0.2) is 19.0 Å². The molecule has 0 saturated carbocycles. The highest BCUT2D eigenvalue weighted by Crippen LogP contribution is 2.33. The maximum absolute atomic E-state index is 11.2. The number of aldehydes is 1. The van der Waals surface area contributed by atoms with Gasteiger partial charge in [0.05, 0.1) is 5.69 Å². The van der Waals surface area contributed by atoms with Crippen molar-refractivity contribution in [2.45, 2.75) is 6.10 Å². The molecule has 0 amide bonds. The fraction of sp³-hybridized carbons (Fsp3) is 0.125. The summed E-state index contributed by atoms with van der Waals surface area (Å²) in [5, 5.41) is 0.545. The van der Waals surface area contributed by atoms with Crippen LogP contribution in [0.1, 0.15) is 11.7 Å². The topological polar surface area (TPSA) is 47.9 Å². The Morgan fingerprint density at radius 1 is 1.24 bits per heavy atom. The van der Waals surface area contributed by atoms with Crippen LogP contribution in [0.4, 0.5) is 5.69 Å². The largest absolute Gasteiger partial charge is 0.484 e. The quantitative estimate of drug-likeness (QED) is 0.809. The molecule has 0 saturated heterocycles. The number of fused-ring (bicyclic) bond motifs is 1. The van der Waals surface area contributed by atoms with Crippen LogP contribution in [0.5, 0.6) is 5.75 Å². The average molecular weight is 302 g/mol. The number of benzene rings is 2. The Hall–Kier alpha value is -2.33. The van der Waals surface area contributed by atoms with E-state index in [1.807, 2.05) is 30.3 Å². The number of aliphatic imine (C=N–C) groups is 1. The van der Waals surface area contributed by atoms with Gasteiger partial charge >= 0.3 is 0 Å². The highest BCUT2D eigenvalue weighted by molar-refractivity contribution is 6.30. The van der Waals surface area contributed by atoms with E-state index < -0.39 is 6.10 Å². The molecular weight excluding hydrogens is 290 g/mol. The van der Waals surface area contributed by atoms with E-state index in [-0.39, 0.29) is 6.61 Å². The average Bonchev–Trinajstić information content (AvgIpc) is 2.53. The van der Waals surface area contributed by atoms with E-state index in [1.54, 1.807) is 18.2 Å². The normalized spacial score (nSPS) is 16.4. The number of halogens is 1. The number of carbonyl (C=O) groups excluding carboxylic acids is 1. The van der Waals surface area contributed by atoms with Crippen LogP contribution in [0.3, 0.4) is 0 Å². The minimum Gasteiger partial charge on any atom is -0.484 e. The van der Waals surface area contributed by atoms with Crippen LogP contribution >= 0.6 is 11.6 Å². The summed E-state index contributed by atoms with van der Waals surface area (Å²) in [6.45, 7) is 0.163.